The second kappa shape index (κ2) is 4.73. The standard InChI is InChI=1S/C14H11FN4O/c1-8-2-3-9(5-12(8)15)13-18-14(20-19-13)10-4-11(16)7-17-6-10/h2-7H,16H2,1H3. The fourth-order valence-corrected chi connectivity index (χ4v) is 1.76. The minimum atomic E-state index is -0.306. The van der Waals surface area contributed by atoms with Crippen molar-refractivity contribution in [1.82, 2.24) is 15.1 Å². The normalized spacial score (nSPS) is 10.7. The molecule has 3 rings (SSSR count). The quantitative estimate of drug-likeness (QED) is 0.774. The van der Waals surface area contributed by atoms with E-state index in [0.29, 0.717) is 34.1 Å². The Morgan fingerprint density at radius 3 is 2.75 bits per heavy atom. The van der Waals surface area contributed by atoms with Crippen molar-refractivity contribution in [2.45, 2.75) is 6.92 Å². The predicted molar refractivity (Wildman–Crippen MR) is 72.1 cm³/mol. The fraction of sp³-hybridized carbons (Fsp3) is 0.0714. The lowest BCUT2D eigenvalue weighted by Crippen LogP contribution is -1.88. The molecule has 0 aliphatic carbocycles. The first-order valence-corrected chi connectivity index (χ1v) is 5.94. The number of rotatable bonds is 2. The van der Waals surface area contributed by atoms with Gasteiger partial charge in [0, 0.05) is 18.0 Å². The third-order valence-electron chi connectivity index (χ3n) is 2.86. The molecule has 0 amide bonds. The number of aryl methyl sites for hydroxylation is 1. The Bertz CT molecular complexity index is 769. The molecular weight excluding hydrogens is 259 g/mol. The van der Waals surface area contributed by atoms with Crippen LogP contribution in [0.2, 0.25) is 0 Å². The molecular formula is C14H11FN4O. The van der Waals surface area contributed by atoms with Crippen molar-refractivity contribution in [2.75, 3.05) is 5.73 Å². The molecule has 0 saturated heterocycles. The summed E-state index contributed by atoms with van der Waals surface area (Å²) < 4.78 is 18.7. The lowest BCUT2D eigenvalue weighted by molar-refractivity contribution is 0.432. The molecule has 100 valence electrons. The highest BCUT2D eigenvalue weighted by Gasteiger charge is 2.12. The number of nitrogen functional groups attached to an aromatic ring is 1. The van der Waals surface area contributed by atoms with Crippen LogP contribution in [0.3, 0.4) is 0 Å². The number of benzene rings is 1. The lowest BCUT2D eigenvalue weighted by atomic mass is 10.1. The zero-order valence-corrected chi connectivity index (χ0v) is 10.7. The first kappa shape index (κ1) is 12.3. The van der Waals surface area contributed by atoms with Crippen LogP contribution in [0.1, 0.15) is 5.56 Å². The second-order valence-corrected chi connectivity index (χ2v) is 4.39. The van der Waals surface area contributed by atoms with Crippen LogP contribution in [0.25, 0.3) is 22.8 Å². The molecule has 0 spiro atoms. The highest BCUT2D eigenvalue weighted by atomic mass is 19.1. The number of pyridine rings is 1. The minimum absolute atomic E-state index is 0.292. The van der Waals surface area contributed by atoms with Crippen molar-refractivity contribution >= 4 is 5.69 Å². The molecule has 2 heterocycles. The number of hydrogen-bond acceptors (Lipinski definition) is 5. The van der Waals surface area contributed by atoms with Crippen LogP contribution in [0.15, 0.2) is 41.2 Å². The summed E-state index contributed by atoms with van der Waals surface area (Å²) in [7, 11) is 0. The SMILES string of the molecule is Cc1ccc(-c2noc(-c3cncc(N)c3)n2)cc1F. The van der Waals surface area contributed by atoms with Crippen LogP contribution < -0.4 is 5.73 Å². The molecule has 0 fully saturated rings. The van der Waals surface area contributed by atoms with Gasteiger partial charge in [0.05, 0.1) is 11.3 Å². The Morgan fingerprint density at radius 2 is 2.00 bits per heavy atom. The zero-order valence-electron chi connectivity index (χ0n) is 10.7. The lowest BCUT2D eigenvalue weighted by Gasteiger charge is -1.97. The Balaban J connectivity index is 1.99. The summed E-state index contributed by atoms with van der Waals surface area (Å²) in [5.74, 6) is 0.307. The van der Waals surface area contributed by atoms with Gasteiger partial charge in [0.1, 0.15) is 5.82 Å². The number of anilines is 1. The van der Waals surface area contributed by atoms with Crippen molar-refractivity contribution in [3.8, 4) is 22.8 Å². The molecule has 0 saturated carbocycles. The minimum Gasteiger partial charge on any atom is -0.397 e. The van der Waals surface area contributed by atoms with Gasteiger partial charge in [-0.05, 0) is 24.6 Å². The van der Waals surface area contributed by atoms with Gasteiger partial charge in [-0.3, -0.25) is 4.98 Å². The first-order valence-electron chi connectivity index (χ1n) is 5.94. The molecule has 2 aromatic heterocycles. The van der Waals surface area contributed by atoms with Gasteiger partial charge >= 0.3 is 0 Å². The first-order chi connectivity index (χ1) is 9.63. The Hall–Kier alpha value is -2.76. The molecule has 6 heteroatoms. The van der Waals surface area contributed by atoms with E-state index >= 15 is 0 Å². The highest BCUT2D eigenvalue weighted by molar-refractivity contribution is 5.61. The Kier molecular flexibility index (Phi) is 2.90. The van der Waals surface area contributed by atoms with Crippen LogP contribution in [0.5, 0.6) is 0 Å². The maximum Gasteiger partial charge on any atom is 0.259 e. The molecule has 1 aromatic carbocycles. The Labute approximate surface area is 114 Å². The van der Waals surface area contributed by atoms with Crippen LogP contribution in [0, 0.1) is 12.7 Å². The molecule has 5 nitrogen and oxygen atoms in total. The molecule has 0 radical (unpaired) electrons. The Morgan fingerprint density at radius 1 is 1.15 bits per heavy atom. The van der Waals surface area contributed by atoms with Crippen molar-refractivity contribution < 1.29 is 8.91 Å². The van der Waals surface area contributed by atoms with Crippen molar-refractivity contribution in [1.29, 1.82) is 0 Å². The summed E-state index contributed by atoms with van der Waals surface area (Å²) >= 11 is 0. The van der Waals surface area contributed by atoms with Gasteiger partial charge in [0.25, 0.3) is 5.89 Å². The molecule has 0 bridgehead atoms. The summed E-state index contributed by atoms with van der Waals surface area (Å²) in [6.45, 7) is 1.69. The third kappa shape index (κ3) is 2.23. The van der Waals surface area contributed by atoms with E-state index in [-0.39, 0.29) is 5.82 Å². The average Bonchev–Trinajstić information content (AvgIpc) is 2.92. The van der Waals surface area contributed by atoms with E-state index in [1.54, 1.807) is 31.3 Å². The molecule has 0 aliphatic rings. The van der Waals surface area contributed by atoms with Crippen molar-refractivity contribution in [3.63, 3.8) is 0 Å². The molecule has 2 N–H and O–H groups in total. The van der Waals surface area contributed by atoms with E-state index in [1.165, 1.54) is 12.3 Å². The van der Waals surface area contributed by atoms with E-state index in [0.717, 1.165) is 0 Å². The molecule has 0 unspecified atom stereocenters. The predicted octanol–water partition coefficient (Wildman–Crippen LogP) is 2.83. The monoisotopic (exact) mass is 270 g/mol. The summed E-state index contributed by atoms with van der Waals surface area (Å²) in [6, 6.07) is 6.47. The van der Waals surface area contributed by atoms with Gasteiger partial charge in [0.15, 0.2) is 0 Å². The van der Waals surface area contributed by atoms with E-state index in [4.69, 9.17) is 10.3 Å². The summed E-state index contributed by atoms with van der Waals surface area (Å²) in [6.07, 6.45) is 3.10. The number of nitrogens with zero attached hydrogens (tertiary/aromatic N) is 3. The second-order valence-electron chi connectivity index (χ2n) is 4.39. The number of halogens is 1. The maximum atomic E-state index is 13.5. The zero-order chi connectivity index (χ0) is 14.1. The molecule has 3 aromatic rings. The summed E-state index contributed by atoms with van der Waals surface area (Å²) in [5.41, 5.74) is 7.90. The van der Waals surface area contributed by atoms with E-state index in [1.807, 2.05) is 0 Å². The average molecular weight is 270 g/mol. The van der Waals surface area contributed by atoms with E-state index in [2.05, 4.69) is 15.1 Å². The molecule has 20 heavy (non-hydrogen) atoms. The summed E-state index contributed by atoms with van der Waals surface area (Å²) in [5, 5.41) is 3.84. The van der Waals surface area contributed by atoms with Crippen LogP contribution in [0.4, 0.5) is 10.1 Å². The van der Waals surface area contributed by atoms with Crippen LogP contribution in [-0.4, -0.2) is 15.1 Å². The van der Waals surface area contributed by atoms with Crippen LogP contribution in [-0.2, 0) is 0 Å². The smallest absolute Gasteiger partial charge is 0.259 e. The van der Waals surface area contributed by atoms with Gasteiger partial charge in [-0.1, -0.05) is 17.3 Å². The molecule has 0 atom stereocenters. The third-order valence-corrected chi connectivity index (χ3v) is 2.86. The number of hydrogen-bond donors (Lipinski definition) is 1. The van der Waals surface area contributed by atoms with Crippen molar-refractivity contribution in [2.24, 2.45) is 0 Å². The van der Waals surface area contributed by atoms with Gasteiger partial charge < -0.3 is 10.3 Å². The topological polar surface area (TPSA) is 77.8 Å². The van der Waals surface area contributed by atoms with Crippen molar-refractivity contribution in [3.05, 3.63) is 48.0 Å². The van der Waals surface area contributed by atoms with Gasteiger partial charge in [-0.25, -0.2) is 4.39 Å². The van der Waals surface area contributed by atoms with E-state index in [9.17, 15) is 4.39 Å². The van der Waals surface area contributed by atoms with Gasteiger partial charge in [0.2, 0.25) is 5.82 Å². The fourth-order valence-electron chi connectivity index (χ4n) is 1.76. The summed E-state index contributed by atoms with van der Waals surface area (Å²) in [4.78, 5) is 8.18. The number of nitrogens with two attached hydrogens (primary N) is 1. The maximum absolute atomic E-state index is 13.5. The van der Waals surface area contributed by atoms with Crippen LogP contribution >= 0.6 is 0 Å². The number of aromatic nitrogens is 3. The van der Waals surface area contributed by atoms with Gasteiger partial charge in [-0.2, -0.15) is 4.98 Å². The largest absolute Gasteiger partial charge is 0.397 e. The molecule has 0 aliphatic heterocycles. The van der Waals surface area contributed by atoms with Gasteiger partial charge in [-0.15, -0.1) is 0 Å². The highest BCUT2D eigenvalue weighted by Crippen LogP contribution is 2.23. The van der Waals surface area contributed by atoms with E-state index < -0.39 is 0 Å².